The van der Waals surface area contributed by atoms with Crippen LogP contribution in [0.5, 0.6) is 0 Å². The van der Waals surface area contributed by atoms with Crippen LogP contribution in [0.4, 0.5) is 13.2 Å². The van der Waals surface area contributed by atoms with Gasteiger partial charge in [-0.1, -0.05) is 0 Å². The molecule has 0 spiro atoms. The quantitative estimate of drug-likeness (QED) is 0.855. The summed E-state index contributed by atoms with van der Waals surface area (Å²) in [4.78, 5) is 0. The predicted molar refractivity (Wildman–Crippen MR) is 61.4 cm³/mol. The van der Waals surface area contributed by atoms with E-state index in [1.54, 1.807) is 13.0 Å². The molecule has 0 saturated carbocycles. The van der Waals surface area contributed by atoms with Gasteiger partial charge in [-0.05, 0) is 25.1 Å². The van der Waals surface area contributed by atoms with Crippen LogP contribution in [-0.4, -0.2) is 6.04 Å². The summed E-state index contributed by atoms with van der Waals surface area (Å²) >= 11 is 0. The first-order chi connectivity index (χ1) is 8.47. The van der Waals surface area contributed by atoms with E-state index in [0.29, 0.717) is 18.2 Å². The fourth-order valence-electron chi connectivity index (χ4n) is 1.66. The highest BCUT2D eigenvalue weighted by Gasteiger charge is 2.14. The molecule has 2 rings (SSSR count). The summed E-state index contributed by atoms with van der Waals surface area (Å²) in [6, 6.07) is 4.32. The molecule has 1 aromatic carbocycles. The molecule has 0 fully saturated rings. The molecule has 1 unspecified atom stereocenters. The zero-order valence-electron chi connectivity index (χ0n) is 9.71. The van der Waals surface area contributed by atoms with Gasteiger partial charge >= 0.3 is 0 Å². The van der Waals surface area contributed by atoms with Gasteiger partial charge in [-0.15, -0.1) is 0 Å². The Morgan fingerprint density at radius 3 is 2.44 bits per heavy atom. The summed E-state index contributed by atoms with van der Waals surface area (Å²) in [5, 5.41) is 0. The summed E-state index contributed by atoms with van der Waals surface area (Å²) < 4.78 is 44.7. The summed E-state index contributed by atoms with van der Waals surface area (Å²) in [5.74, 6) is -2.48. The molecule has 2 N–H and O–H groups in total. The summed E-state index contributed by atoms with van der Waals surface area (Å²) in [6.07, 6.45) is 0.491. The van der Waals surface area contributed by atoms with Crippen LogP contribution >= 0.6 is 0 Å². The zero-order chi connectivity index (χ0) is 13.3. The van der Waals surface area contributed by atoms with E-state index in [4.69, 9.17) is 10.2 Å². The van der Waals surface area contributed by atoms with Gasteiger partial charge in [0.15, 0.2) is 11.6 Å². The standard InChI is InChI=1S/C13H12F3NO/c1-7(17)4-8-2-3-13(18-8)9-5-11(15)12(16)6-10(9)14/h2-3,5-7H,4,17H2,1H3. The summed E-state index contributed by atoms with van der Waals surface area (Å²) in [7, 11) is 0. The van der Waals surface area contributed by atoms with Gasteiger partial charge in [0.1, 0.15) is 17.3 Å². The number of hydrogen-bond donors (Lipinski definition) is 1. The van der Waals surface area contributed by atoms with Crippen molar-refractivity contribution in [1.29, 1.82) is 0 Å². The summed E-state index contributed by atoms with van der Waals surface area (Å²) in [5.41, 5.74) is 5.50. The van der Waals surface area contributed by atoms with Crippen LogP contribution in [0.15, 0.2) is 28.7 Å². The fraction of sp³-hybridized carbons (Fsp3) is 0.231. The van der Waals surface area contributed by atoms with Crippen molar-refractivity contribution in [2.24, 2.45) is 5.73 Å². The van der Waals surface area contributed by atoms with Crippen molar-refractivity contribution < 1.29 is 17.6 Å². The molecule has 0 saturated heterocycles. The molecule has 0 amide bonds. The van der Waals surface area contributed by atoms with Crippen LogP contribution < -0.4 is 5.73 Å². The van der Waals surface area contributed by atoms with Crippen molar-refractivity contribution in [3.8, 4) is 11.3 Å². The molecule has 0 radical (unpaired) electrons. The van der Waals surface area contributed by atoms with Gasteiger partial charge in [0, 0.05) is 18.5 Å². The van der Waals surface area contributed by atoms with Crippen molar-refractivity contribution in [3.63, 3.8) is 0 Å². The van der Waals surface area contributed by atoms with Crippen LogP contribution in [0.1, 0.15) is 12.7 Å². The molecule has 18 heavy (non-hydrogen) atoms. The lowest BCUT2D eigenvalue weighted by atomic mass is 10.1. The summed E-state index contributed by atoms with van der Waals surface area (Å²) in [6.45, 7) is 1.81. The fourth-order valence-corrected chi connectivity index (χ4v) is 1.66. The van der Waals surface area contributed by atoms with Crippen molar-refractivity contribution in [1.82, 2.24) is 0 Å². The lowest BCUT2D eigenvalue weighted by molar-refractivity contribution is 0.484. The molecule has 0 bridgehead atoms. The van der Waals surface area contributed by atoms with E-state index in [1.807, 2.05) is 0 Å². The second kappa shape index (κ2) is 4.86. The van der Waals surface area contributed by atoms with Crippen LogP contribution in [-0.2, 0) is 6.42 Å². The Morgan fingerprint density at radius 2 is 1.78 bits per heavy atom. The highest BCUT2D eigenvalue weighted by Crippen LogP contribution is 2.27. The molecule has 0 aliphatic carbocycles. The molecule has 1 heterocycles. The lowest BCUT2D eigenvalue weighted by Crippen LogP contribution is -2.17. The van der Waals surface area contributed by atoms with Crippen molar-refractivity contribution in [2.75, 3.05) is 0 Å². The number of hydrogen-bond acceptors (Lipinski definition) is 2. The van der Waals surface area contributed by atoms with Crippen molar-refractivity contribution in [2.45, 2.75) is 19.4 Å². The van der Waals surface area contributed by atoms with Crippen molar-refractivity contribution >= 4 is 0 Å². The first-order valence-electron chi connectivity index (χ1n) is 5.46. The number of furan rings is 1. The Bertz CT molecular complexity index is 563. The normalized spacial score (nSPS) is 12.7. The minimum atomic E-state index is -1.22. The van der Waals surface area contributed by atoms with E-state index in [-0.39, 0.29) is 17.4 Å². The number of benzene rings is 1. The molecule has 0 aliphatic rings. The molecular formula is C13H12F3NO. The van der Waals surface area contributed by atoms with E-state index >= 15 is 0 Å². The molecule has 96 valence electrons. The highest BCUT2D eigenvalue weighted by atomic mass is 19.2. The lowest BCUT2D eigenvalue weighted by Gasteiger charge is -2.02. The highest BCUT2D eigenvalue weighted by molar-refractivity contribution is 5.58. The largest absolute Gasteiger partial charge is 0.461 e. The maximum Gasteiger partial charge on any atom is 0.161 e. The Balaban J connectivity index is 2.37. The minimum absolute atomic E-state index is 0.0983. The second-order valence-electron chi connectivity index (χ2n) is 4.19. The first-order valence-corrected chi connectivity index (χ1v) is 5.46. The topological polar surface area (TPSA) is 39.2 Å². The number of halogens is 3. The average Bonchev–Trinajstić information content (AvgIpc) is 2.70. The van der Waals surface area contributed by atoms with Gasteiger partial charge in [0.25, 0.3) is 0 Å². The van der Waals surface area contributed by atoms with Crippen molar-refractivity contribution in [3.05, 3.63) is 47.5 Å². The third-order valence-electron chi connectivity index (χ3n) is 2.46. The predicted octanol–water partition coefficient (Wildman–Crippen LogP) is 3.25. The third kappa shape index (κ3) is 2.56. The van der Waals surface area contributed by atoms with E-state index in [0.717, 1.165) is 6.07 Å². The molecular weight excluding hydrogens is 243 g/mol. The smallest absolute Gasteiger partial charge is 0.161 e. The van der Waals surface area contributed by atoms with Crippen LogP contribution in [0.2, 0.25) is 0 Å². The Hall–Kier alpha value is -1.75. The van der Waals surface area contributed by atoms with Crippen LogP contribution in [0.3, 0.4) is 0 Å². The van der Waals surface area contributed by atoms with Gasteiger partial charge in [-0.25, -0.2) is 13.2 Å². The first kappa shape index (κ1) is 12.7. The zero-order valence-corrected chi connectivity index (χ0v) is 9.71. The van der Waals surface area contributed by atoms with Gasteiger partial charge in [-0.3, -0.25) is 0 Å². The monoisotopic (exact) mass is 255 g/mol. The second-order valence-corrected chi connectivity index (χ2v) is 4.19. The van der Waals surface area contributed by atoms with Crippen LogP contribution in [0, 0.1) is 17.5 Å². The molecule has 1 aromatic heterocycles. The molecule has 2 aromatic rings. The van der Waals surface area contributed by atoms with E-state index in [2.05, 4.69) is 0 Å². The molecule has 1 atom stereocenters. The Morgan fingerprint density at radius 1 is 1.11 bits per heavy atom. The molecule has 0 aliphatic heterocycles. The number of rotatable bonds is 3. The maximum atomic E-state index is 13.5. The minimum Gasteiger partial charge on any atom is -0.461 e. The van der Waals surface area contributed by atoms with E-state index in [9.17, 15) is 13.2 Å². The van der Waals surface area contributed by atoms with Gasteiger partial charge in [0.2, 0.25) is 0 Å². The SMILES string of the molecule is CC(N)Cc1ccc(-c2cc(F)c(F)cc2F)o1. The van der Waals surface area contributed by atoms with Gasteiger partial charge in [0.05, 0.1) is 5.56 Å². The average molecular weight is 255 g/mol. The van der Waals surface area contributed by atoms with E-state index in [1.165, 1.54) is 6.07 Å². The Labute approximate surface area is 102 Å². The van der Waals surface area contributed by atoms with E-state index < -0.39 is 17.5 Å². The van der Waals surface area contributed by atoms with Gasteiger partial charge < -0.3 is 10.2 Å². The number of nitrogens with two attached hydrogens (primary N) is 1. The molecule has 2 nitrogen and oxygen atoms in total. The third-order valence-corrected chi connectivity index (χ3v) is 2.46. The van der Waals surface area contributed by atoms with Crippen LogP contribution in [0.25, 0.3) is 11.3 Å². The molecule has 5 heteroatoms. The Kier molecular flexibility index (Phi) is 3.43. The maximum absolute atomic E-state index is 13.5. The van der Waals surface area contributed by atoms with Gasteiger partial charge in [-0.2, -0.15) is 0 Å².